The van der Waals surface area contributed by atoms with Gasteiger partial charge in [0.2, 0.25) is 0 Å². The van der Waals surface area contributed by atoms with Gasteiger partial charge >= 0.3 is 6.18 Å². The number of amides is 1. The number of nitrogens with zero attached hydrogens (tertiary/aromatic N) is 5. The van der Waals surface area contributed by atoms with Crippen LogP contribution in [0.15, 0.2) is 54.9 Å². The van der Waals surface area contributed by atoms with Crippen molar-refractivity contribution < 1.29 is 18.0 Å². The van der Waals surface area contributed by atoms with Crippen molar-refractivity contribution in [1.29, 1.82) is 0 Å². The first-order chi connectivity index (χ1) is 16.4. The lowest BCUT2D eigenvalue weighted by Crippen LogP contribution is -2.54. The molecule has 0 saturated carbocycles. The minimum Gasteiger partial charge on any atom is -0.354 e. The highest BCUT2D eigenvalue weighted by Crippen LogP contribution is 2.30. The molecular formula is C25H26F3N5O. The number of pyridine rings is 2. The Hall–Kier alpha value is -3.20. The number of benzene rings is 1. The number of anilines is 1. The van der Waals surface area contributed by atoms with Crippen molar-refractivity contribution in [3.05, 3.63) is 66.0 Å². The number of rotatable bonds is 3. The highest BCUT2D eigenvalue weighted by atomic mass is 19.4. The number of carbonyl (C=O) groups excluding carboxylic acids is 1. The summed E-state index contributed by atoms with van der Waals surface area (Å²) in [6, 6.07) is 12.4. The standard InChI is InChI=1S/C25H26F3N5O/c26-25(27,28)20-4-6-23(30-17-20)32-14-12-31(13-15-32)21-7-10-33(11-8-21)24(34)19-3-5-22-18(16-19)2-1-9-29-22/h1-6,9,16-17,21H,7-8,10-15H2. The third kappa shape index (κ3) is 4.70. The molecule has 3 aromatic rings. The minimum atomic E-state index is -4.37. The summed E-state index contributed by atoms with van der Waals surface area (Å²) in [4.78, 5) is 27.7. The summed E-state index contributed by atoms with van der Waals surface area (Å²) in [6.45, 7) is 4.55. The molecule has 1 aromatic carbocycles. The molecule has 0 N–H and O–H groups in total. The third-order valence-corrected chi connectivity index (χ3v) is 6.83. The Kier molecular flexibility index (Phi) is 6.12. The Labute approximate surface area is 196 Å². The van der Waals surface area contributed by atoms with Gasteiger partial charge in [0.15, 0.2) is 0 Å². The van der Waals surface area contributed by atoms with Gasteiger partial charge in [-0.15, -0.1) is 0 Å². The van der Waals surface area contributed by atoms with E-state index in [4.69, 9.17) is 0 Å². The second-order valence-electron chi connectivity index (χ2n) is 8.86. The molecule has 2 aromatic heterocycles. The molecule has 0 unspecified atom stereocenters. The van der Waals surface area contributed by atoms with E-state index in [0.29, 0.717) is 17.4 Å². The van der Waals surface area contributed by atoms with E-state index >= 15 is 0 Å². The fourth-order valence-electron chi connectivity index (χ4n) is 4.88. The Balaban J connectivity index is 1.13. The van der Waals surface area contributed by atoms with Crippen LogP contribution < -0.4 is 4.90 Å². The van der Waals surface area contributed by atoms with Crippen molar-refractivity contribution in [3.63, 3.8) is 0 Å². The van der Waals surface area contributed by atoms with Crippen LogP contribution in [-0.2, 0) is 6.18 Å². The topological polar surface area (TPSA) is 52.6 Å². The van der Waals surface area contributed by atoms with E-state index in [-0.39, 0.29) is 5.91 Å². The predicted molar refractivity (Wildman–Crippen MR) is 124 cm³/mol. The normalized spacial score (nSPS) is 18.4. The van der Waals surface area contributed by atoms with Gasteiger partial charge in [-0.1, -0.05) is 6.07 Å². The molecule has 178 valence electrons. The first kappa shape index (κ1) is 22.6. The molecular weight excluding hydrogens is 443 g/mol. The van der Waals surface area contributed by atoms with Crippen LogP contribution in [0.4, 0.5) is 19.0 Å². The number of piperidine rings is 1. The second kappa shape index (κ2) is 9.21. The number of fused-ring (bicyclic) bond motifs is 1. The third-order valence-electron chi connectivity index (χ3n) is 6.83. The lowest BCUT2D eigenvalue weighted by Gasteiger charge is -2.43. The van der Waals surface area contributed by atoms with E-state index < -0.39 is 11.7 Å². The summed E-state index contributed by atoms with van der Waals surface area (Å²) < 4.78 is 38.3. The zero-order valence-corrected chi connectivity index (χ0v) is 18.7. The SMILES string of the molecule is O=C(c1ccc2ncccc2c1)N1CCC(N2CCN(c3ccc(C(F)(F)F)cn3)CC2)CC1. The number of likely N-dealkylation sites (tertiary alicyclic amines) is 1. The van der Waals surface area contributed by atoms with Crippen LogP contribution in [0.5, 0.6) is 0 Å². The van der Waals surface area contributed by atoms with Crippen LogP contribution in [0.3, 0.4) is 0 Å². The fraction of sp³-hybridized carbons (Fsp3) is 0.400. The summed E-state index contributed by atoms with van der Waals surface area (Å²) in [6.07, 6.45) is 0.111. The Morgan fingerprint density at radius 2 is 1.68 bits per heavy atom. The number of hydrogen-bond acceptors (Lipinski definition) is 5. The second-order valence-corrected chi connectivity index (χ2v) is 8.86. The molecule has 9 heteroatoms. The molecule has 2 aliphatic heterocycles. The zero-order chi connectivity index (χ0) is 23.7. The average molecular weight is 470 g/mol. The van der Waals surface area contributed by atoms with E-state index in [1.54, 1.807) is 6.20 Å². The number of halogens is 3. The van der Waals surface area contributed by atoms with E-state index in [1.807, 2.05) is 40.1 Å². The van der Waals surface area contributed by atoms with Gasteiger partial charge in [0.05, 0.1) is 11.1 Å². The molecule has 2 fully saturated rings. The molecule has 2 saturated heterocycles. The van der Waals surface area contributed by atoms with Crippen molar-refractivity contribution >= 4 is 22.6 Å². The van der Waals surface area contributed by atoms with E-state index in [9.17, 15) is 18.0 Å². The van der Waals surface area contributed by atoms with E-state index in [0.717, 1.165) is 75.3 Å². The first-order valence-electron chi connectivity index (χ1n) is 11.5. The van der Waals surface area contributed by atoms with Crippen molar-refractivity contribution in [2.75, 3.05) is 44.2 Å². The maximum absolute atomic E-state index is 13.0. The van der Waals surface area contributed by atoms with Crippen LogP contribution in [0.1, 0.15) is 28.8 Å². The van der Waals surface area contributed by atoms with E-state index in [2.05, 4.69) is 14.9 Å². The van der Waals surface area contributed by atoms with Crippen LogP contribution in [0.2, 0.25) is 0 Å². The largest absolute Gasteiger partial charge is 0.417 e. The summed E-state index contributed by atoms with van der Waals surface area (Å²) in [5.74, 6) is 0.640. The quantitative estimate of drug-likeness (QED) is 0.579. The fourth-order valence-corrected chi connectivity index (χ4v) is 4.88. The summed E-state index contributed by atoms with van der Waals surface area (Å²) in [5.41, 5.74) is 0.844. The molecule has 34 heavy (non-hydrogen) atoms. The molecule has 0 aliphatic carbocycles. The van der Waals surface area contributed by atoms with Gasteiger partial charge in [-0.2, -0.15) is 13.2 Å². The molecule has 0 radical (unpaired) electrons. The van der Waals surface area contributed by atoms with Crippen LogP contribution in [0.25, 0.3) is 10.9 Å². The smallest absolute Gasteiger partial charge is 0.354 e. The van der Waals surface area contributed by atoms with Crippen LogP contribution >= 0.6 is 0 Å². The van der Waals surface area contributed by atoms with Gasteiger partial charge in [0, 0.05) is 68.7 Å². The predicted octanol–water partition coefficient (Wildman–Crippen LogP) is 4.08. The van der Waals surface area contributed by atoms with Crippen molar-refractivity contribution in [2.45, 2.75) is 25.1 Å². The van der Waals surface area contributed by atoms with Gasteiger partial charge in [-0.05, 0) is 49.2 Å². The number of piperazine rings is 1. The molecule has 0 spiro atoms. The van der Waals surface area contributed by atoms with Gasteiger partial charge in [0.1, 0.15) is 5.82 Å². The molecule has 1 amide bonds. The number of aromatic nitrogens is 2. The Morgan fingerprint density at radius 1 is 0.912 bits per heavy atom. The van der Waals surface area contributed by atoms with Gasteiger partial charge in [-0.25, -0.2) is 4.98 Å². The number of carbonyl (C=O) groups is 1. The summed E-state index contributed by atoms with van der Waals surface area (Å²) in [7, 11) is 0. The lowest BCUT2D eigenvalue weighted by atomic mass is 10.0. The van der Waals surface area contributed by atoms with Crippen molar-refractivity contribution in [2.24, 2.45) is 0 Å². The maximum Gasteiger partial charge on any atom is 0.417 e. The van der Waals surface area contributed by atoms with Crippen molar-refractivity contribution in [1.82, 2.24) is 19.8 Å². The summed E-state index contributed by atoms with van der Waals surface area (Å²) >= 11 is 0. The molecule has 6 nitrogen and oxygen atoms in total. The number of alkyl halides is 3. The lowest BCUT2D eigenvalue weighted by molar-refractivity contribution is -0.137. The Morgan fingerprint density at radius 3 is 2.35 bits per heavy atom. The molecule has 2 aliphatic rings. The monoisotopic (exact) mass is 469 g/mol. The minimum absolute atomic E-state index is 0.0578. The number of hydrogen-bond donors (Lipinski definition) is 0. The van der Waals surface area contributed by atoms with Crippen molar-refractivity contribution in [3.8, 4) is 0 Å². The van der Waals surface area contributed by atoms with E-state index in [1.165, 1.54) is 6.07 Å². The molecule has 5 rings (SSSR count). The first-order valence-corrected chi connectivity index (χ1v) is 11.5. The molecule has 0 atom stereocenters. The molecule has 4 heterocycles. The maximum atomic E-state index is 13.0. The van der Waals surface area contributed by atoms with Gasteiger partial charge in [0.25, 0.3) is 5.91 Å². The molecule has 0 bridgehead atoms. The van der Waals surface area contributed by atoms with Gasteiger partial charge in [-0.3, -0.25) is 14.7 Å². The van der Waals surface area contributed by atoms with Crippen LogP contribution in [-0.4, -0.2) is 71.0 Å². The highest BCUT2D eigenvalue weighted by Gasteiger charge is 2.32. The Bertz CT molecular complexity index is 1150. The van der Waals surface area contributed by atoms with Crippen LogP contribution in [0, 0.1) is 0 Å². The summed E-state index contributed by atoms with van der Waals surface area (Å²) in [5, 5.41) is 0.962. The average Bonchev–Trinajstić information content (AvgIpc) is 2.88. The van der Waals surface area contributed by atoms with Gasteiger partial charge < -0.3 is 9.80 Å². The zero-order valence-electron chi connectivity index (χ0n) is 18.7. The highest BCUT2D eigenvalue weighted by molar-refractivity contribution is 5.98.